The van der Waals surface area contributed by atoms with E-state index in [1.54, 1.807) is 21.6 Å². The smallest absolute Gasteiger partial charge is 0.258 e. The number of thiazole rings is 1. The summed E-state index contributed by atoms with van der Waals surface area (Å²) in [6.45, 7) is 4.07. The van der Waals surface area contributed by atoms with E-state index < -0.39 is 0 Å². The molecule has 2 saturated heterocycles. The molecule has 2 fully saturated rings. The number of hydrogen-bond acceptors (Lipinski definition) is 6. The van der Waals surface area contributed by atoms with Gasteiger partial charge >= 0.3 is 0 Å². The fourth-order valence-corrected chi connectivity index (χ4v) is 5.44. The maximum atomic E-state index is 13.1. The molecule has 8 nitrogen and oxygen atoms in total. The monoisotopic (exact) mass is 485 g/mol. The number of amides is 2. The van der Waals surface area contributed by atoms with Gasteiger partial charge in [-0.05, 0) is 11.6 Å². The van der Waals surface area contributed by atoms with Gasteiger partial charge in [-0.15, -0.1) is 11.3 Å². The van der Waals surface area contributed by atoms with Crippen molar-refractivity contribution in [2.45, 2.75) is 19.5 Å². The number of carbonyl (C=O) groups is 2. The Hall–Kier alpha value is -2.75. The first kappa shape index (κ1) is 22.1. The number of fused-ring (bicyclic) bond motifs is 1. The first-order valence-electron chi connectivity index (χ1n) is 11.0. The summed E-state index contributed by atoms with van der Waals surface area (Å²) in [7, 11) is 0. The van der Waals surface area contributed by atoms with Gasteiger partial charge in [0.1, 0.15) is 0 Å². The van der Waals surface area contributed by atoms with Gasteiger partial charge in [0.05, 0.1) is 11.6 Å². The molecule has 1 aromatic carbocycles. The lowest BCUT2D eigenvalue weighted by atomic mass is 10.1. The van der Waals surface area contributed by atoms with E-state index in [0.29, 0.717) is 55.8 Å². The molecule has 0 unspecified atom stereocenters. The fraction of sp³-hybridized carbons (Fsp3) is 0.391. The molecule has 33 heavy (non-hydrogen) atoms. The van der Waals surface area contributed by atoms with Crippen LogP contribution in [-0.4, -0.2) is 68.6 Å². The van der Waals surface area contributed by atoms with E-state index in [1.807, 2.05) is 34.5 Å². The van der Waals surface area contributed by atoms with Crippen molar-refractivity contribution in [3.8, 4) is 0 Å². The average Bonchev–Trinajstić information content (AvgIpc) is 3.42. The molecule has 2 aromatic heterocycles. The lowest BCUT2D eigenvalue weighted by Crippen LogP contribution is -2.50. The molecule has 2 aliphatic heterocycles. The molecular formula is C23H24ClN5O3S. The molecule has 10 heteroatoms. The summed E-state index contributed by atoms with van der Waals surface area (Å²) >= 11 is 7.67. The second kappa shape index (κ2) is 9.24. The van der Waals surface area contributed by atoms with E-state index in [4.69, 9.17) is 11.6 Å². The van der Waals surface area contributed by atoms with E-state index >= 15 is 0 Å². The number of carbonyl (C=O) groups excluding carboxylic acids is 2. The quantitative estimate of drug-likeness (QED) is 0.553. The maximum Gasteiger partial charge on any atom is 0.258 e. The highest BCUT2D eigenvalue weighted by Gasteiger charge is 2.37. The lowest BCUT2D eigenvalue weighted by molar-refractivity contribution is -0.137. The third-order valence-corrected chi connectivity index (χ3v) is 7.43. The Kier molecular flexibility index (Phi) is 6.18. The number of hydrogen-bond donors (Lipinski definition) is 0. The van der Waals surface area contributed by atoms with E-state index in [0.717, 1.165) is 11.3 Å². The SMILES string of the molecule is O=C1C[C@@H](C(=O)N2CCN(Cc3cc(=O)n4ccsc4n3)CC2)CN1Cc1ccccc1Cl. The first-order chi connectivity index (χ1) is 16.0. The lowest BCUT2D eigenvalue weighted by Gasteiger charge is -2.35. The van der Waals surface area contributed by atoms with Crippen molar-refractivity contribution in [1.29, 1.82) is 0 Å². The van der Waals surface area contributed by atoms with Crippen LogP contribution >= 0.6 is 22.9 Å². The van der Waals surface area contributed by atoms with Crippen LogP contribution in [0.1, 0.15) is 17.7 Å². The third kappa shape index (κ3) is 4.66. The number of aromatic nitrogens is 2. The Morgan fingerprint density at radius 2 is 1.91 bits per heavy atom. The molecule has 172 valence electrons. The van der Waals surface area contributed by atoms with Crippen molar-refractivity contribution >= 4 is 39.7 Å². The molecule has 4 heterocycles. The number of piperazine rings is 1. The van der Waals surface area contributed by atoms with Crippen molar-refractivity contribution < 1.29 is 9.59 Å². The van der Waals surface area contributed by atoms with Gasteiger partial charge < -0.3 is 9.80 Å². The Labute approximate surface area is 200 Å². The molecule has 1 atom stereocenters. The highest BCUT2D eigenvalue weighted by atomic mass is 35.5. The van der Waals surface area contributed by atoms with Crippen LogP contribution in [0.4, 0.5) is 0 Å². The van der Waals surface area contributed by atoms with Crippen LogP contribution in [0, 0.1) is 5.92 Å². The number of benzene rings is 1. The van der Waals surface area contributed by atoms with Gasteiger partial charge in [0, 0.05) is 74.9 Å². The topological polar surface area (TPSA) is 78.2 Å². The number of rotatable bonds is 5. The van der Waals surface area contributed by atoms with Crippen molar-refractivity contribution in [1.82, 2.24) is 24.1 Å². The van der Waals surface area contributed by atoms with E-state index in [2.05, 4.69) is 9.88 Å². The van der Waals surface area contributed by atoms with Crippen molar-refractivity contribution in [3.63, 3.8) is 0 Å². The molecule has 5 rings (SSSR count). The second-order valence-corrected chi connectivity index (χ2v) is 9.79. The van der Waals surface area contributed by atoms with E-state index in [-0.39, 0.29) is 29.7 Å². The zero-order valence-electron chi connectivity index (χ0n) is 18.0. The molecule has 0 bridgehead atoms. The summed E-state index contributed by atoms with van der Waals surface area (Å²) in [5.41, 5.74) is 1.57. The van der Waals surface area contributed by atoms with E-state index in [9.17, 15) is 14.4 Å². The van der Waals surface area contributed by atoms with Gasteiger partial charge in [0.2, 0.25) is 11.8 Å². The van der Waals surface area contributed by atoms with Gasteiger partial charge in [0.25, 0.3) is 5.56 Å². The van der Waals surface area contributed by atoms with Crippen molar-refractivity contribution in [2.24, 2.45) is 5.92 Å². The van der Waals surface area contributed by atoms with Crippen molar-refractivity contribution in [3.05, 3.63) is 68.5 Å². The summed E-state index contributed by atoms with van der Waals surface area (Å²) in [6.07, 6.45) is 1.98. The Morgan fingerprint density at radius 1 is 1.12 bits per heavy atom. The van der Waals surface area contributed by atoms with Crippen LogP contribution < -0.4 is 5.56 Å². The highest BCUT2D eigenvalue weighted by molar-refractivity contribution is 7.15. The molecule has 2 amide bonds. The Balaban J connectivity index is 1.15. The minimum Gasteiger partial charge on any atom is -0.340 e. The van der Waals surface area contributed by atoms with Gasteiger partial charge in [-0.25, -0.2) is 4.98 Å². The fourth-order valence-electron chi connectivity index (χ4n) is 4.51. The zero-order chi connectivity index (χ0) is 22.9. The summed E-state index contributed by atoms with van der Waals surface area (Å²) in [6, 6.07) is 9.05. The third-order valence-electron chi connectivity index (χ3n) is 6.31. The zero-order valence-corrected chi connectivity index (χ0v) is 19.6. The standard InChI is InChI=1S/C23H24ClN5O3S/c24-19-4-2-1-3-16(19)13-28-14-17(11-20(28)30)22(32)27-7-5-26(6-8-27)15-18-12-21(31)29-9-10-33-23(29)25-18/h1-4,9-10,12,17H,5-8,11,13-15H2/t17-/m1/s1. The highest BCUT2D eigenvalue weighted by Crippen LogP contribution is 2.25. The summed E-state index contributed by atoms with van der Waals surface area (Å²) in [5, 5.41) is 2.48. The number of likely N-dealkylation sites (tertiary alicyclic amines) is 1. The van der Waals surface area contributed by atoms with Crippen LogP contribution in [-0.2, 0) is 22.7 Å². The van der Waals surface area contributed by atoms with Gasteiger partial charge in [-0.2, -0.15) is 0 Å². The van der Waals surface area contributed by atoms with E-state index in [1.165, 1.54) is 11.3 Å². The average molecular weight is 486 g/mol. The van der Waals surface area contributed by atoms with Crippen LogP contribution in [0.5, 0.6) is 0 Å². The van der Waals surface area contributed by atoms with Crippen molar-refractivity contribution in [2.75, 3.05) is 32.7 Å². The summed E-state index contributed by atoms with van der Waals surface area (Å²) in [4.78, 5) is 48.9. The largest absolute Gasteiger partial charge is 0.340 e. The molecule has 3 aromatic rings. The first-order valence-corrected chi connectivity index (χ1v) is 12.2. The maximum absolute atomic E-state index is 13.1. The van der Waals surface area contributed by atoms with Gasteiger partial charge in [-0.3, -0.25) is 23.7 Å². The van der Waals surface area contributed by atoms with Crippen LogP contribution in [0.15, 0.2) is 46.7 Å². The van der Waals surface area contributed by atoms with Gasteiger partial charge in [-0.1, -0.05) is 29.8 Å². The Morgan fingerprint density at radius 3 is 2.70 bits per heavy atom. The molecule has 0 N–H and O–H groups in total. The number of nitrogens with zero attached hydrogens (tertiary/aromatic N) is 5. The molecule has 0 aliphatic carbocycles. The predicted molar refractivity (Wildman–Crippen MR) is 126 cm³/mol. The van der Waals surface area contributed by atoms with Crippen LogP contribution in [0.3, 0.4) is 0 Å². The molecule has 2 aliphatic rings. The van der Waals surface area contributed by atoms with Gasteiger partial charge in [0.15, 0.2) is 4.96 Å². The Bertz CT molecular complexity index is 1250. The summed E-state index contributed by atoms with van der Waals surface area (Å²) < 4.78 is 1.54. The minimum atomic E-state index is -0.311. The molecule has 0 radical (unpaired) electrons. The predicted octanol–water partition coefficient (Wildman–Crippen LogP) is 2.10. The van der Waals surface area contributed by atoms with Crippen LogP contribution in [0.2, 0.25) is 5.02 Å². The minimum absolute atomic E-state index is 0.00626. The molecule has 0 saturated carbocycles. The number of halogens is 1. The second-order valence-electron chi connectivity index (χ2n) is 8.51. The normalized spacial score (nSPS) is 19.5. The molecule has 0 spiro atoms. The van der Waals surface area contributed by atoms with Crippen LogP contribution in [0.25, 0.3) is 4.96 Å². The summed E-state index contributed by atoms with van der Waals surface area (Å²) in [5.74, 6) is -0.274. The molecular weight excluding hydrogens is 462 g/mol.